The van der Waals surface area contributed by atoms with Crippen molar-refractivity contribution in [1.82, 2.24) is 15.1 Å². The van der Waals surface area contributed by atoms with Crippen LogP contribution in [-0.2, 0) is 27.6 Å². The average Bonchev–Trinajstić information content (AvgIpc) is 3.19. The number of rotatable bonds is 8. The molecule has 4 rings (SSSR count). The smallest absolute Gasteiger partial charge is 0.325 e. The quantitative estimate of drug-likeness (QED) is 0.437. The van der Waals surface area contributed by atoms with Crippen molar-refractivity contribution in [1.29, 1.82) is 0 Å². The van der Waals surface area contributed by atoms with Crippen molar-refractivity contribution in [2.75, 3.05) is 5.88 Å². The molecule has 180 valence electrons. The summed E-state index contributed by atoms with van der Waals surface area (Å²) in [5.41, 5.74) is 2.61. The third-order valence-corrected chi connectivity index (χ3v) is 7.76. The summed E-state index contributed by atoms with van der Waals surface area (Å²) in [6.45, 7) is 1.68. The first-order chi connectivity index (χ1) is 16.1. The number of aliphatic carboxylic acids is 1. The van der Waals surface area contributed by atoms with Gasteiger partial charge in [-0.3, -0.25) is 14.8 Å². The van der Waals surface area contributed by atoms with Gasteiger partial charge in [0.1, 0.15) is 23.9 Å². The second-order valence-corrected chi connectivity index (χ2v) is 10.9. The number of nitrogens with one attached hydrogen (secondary N) is 1. The number of aryl methyl sites for hydroxylation is 1. The Hall–Kier alpha value is -2.59. The van der Waals surface area contributed by atoms with E-state index in [2.05, 4.69) is 10.4 Å². The predicted octanol–water partition coefficient (Wildman–Crippen LogP) is 4.77. The van der Waals surface area contributed by atoms with Gasteiger partial charge in [0.25, 0.3) is 0 Å². The van der Waals surface area contributed by atoms with Crippen molar-refractivity contribution < 1.29 is 23.1 Å². The van der Waals surface area contributed by atoms with E-state index < -0.39 is 15.8 Å². The standard InChI is InChI=1S/C23H23Cl2N3O5S/c1-14-5-7-17(24)22(9-14)33-21-8-6-15(10-18(21)25)34(31,32)13-26-19-3-2-4-20-16(19)11-27-28(20)12-23(29)30/h5-11,19,26H,2-4,12-13H2,1H3,(H,29,30)/t19-/m1/s1. The molecule has 8 nitrogen and oxygen atoms in total. The number of sulfone groups is 1. The van der Waals surface area contributed by atoms with Crippen molar-refractivity contribution in [2.45, 2.75) is 43.7 Å². The Labute approximate surface area is 207 Å². The number of fused-ring (bicyclic) bond motifs is 1. The lowest BCUT2D eigenvalue weighted by Gasteiger charge is -2.24. The van der Waals surface area contributed by atoms with Crippen LogP contribution in [-0.4, -0.2) is 35.2 Å². The Morgan fingerprint density at radius 1 is 1.21 bits per heavy atom. The zero-order valence-corrected chi connectivity index (χ0v) is 20.6. The summed E-state index contributed by atoms with van der Waals surface area (Å²) < 4.78 is 33.2. The van der Waals surface area contributed by atoms with Crippen molar-refractivity contribution >= 4 is 39.0 Å². The summed E-state index contributed by atoms with van der Waals surface area (Å²) in [6.07, 6.45) is 3.85. The SMILES string of the molecule is Cc1ccc(Cl)c(Oc2ccc(S(=O)(=O)CN[C@@H]3CCCc4c3cnn4CC(=O)O)cc2Cl)c1. The fourth-order valence-corrected chi connectivity index (χ4v) is 5.55. The molecule has 1 heterocycles. The first-order valence-corrected chi connectivity index (χ1v) is 13.0. The molecule has 0 aliphatic heterocycles. The average molecular weight is 524 g/mol. The van der Waals surface area contributed by atoms with Crippen LogP contribution >= 0.6 is 23.2 Å². The molecule has 34 heavy (non-hydrogen) atoms. The minimum absolute atomic E-state index is 0.0605. The van der Waals surface area contributed by atoms with Crippen LogP contribution in [0.15, 0.2) is 47.5 Å². The van der Waals surface area contributed by atoms with Crippen LogP contribution in [0.25, 0.3) is 0 Å². The molecule has 1 aliphatic carbocycles. The molecular formula is C23H23Cl2N3O5S. The highest BCUT2D eigenvalue weighted by Crippen LogP contribution is 2.36. The highest BCUT2D eigenvalue weighted by molar-refractivity contribution is 7.91. The van der Waals surface area contributed by atoms with Crippen molar-refractivity contribution in [2.24, 2.45) is 0 Å². The fourth-order valence-electron chi connectivity index (χ4n) is 3.95. The molecule has 2 N–H and O–H groups in total. The van der Waals surface area contributed by atoms with Crippen LogP contribution in [0.4, 0.5) is 0 Å². The third-order valence-electron chi connectivity index (χ3n) is 5.64. The van der Waals surface area contributed by atoms with Gasteiger partial charge >= 0.3 is 5.97 Å². The third kappa shape index (κ3) is 5.38. The summed E-state index contributed by atoms with van der Waals surface area (Å²) in [4.78, 5) is 11.1. The van der Waals surface area contributed by atoms with Gasteiger partial charge in [0.15, 0.2) is 9.84 Å². The van der Waals surface area contributed by atoms with Gasteiger partial charge in [-0.25, -0.2) is 8.42 Å². The number of nitrogens with zero attached hydrogens (tertiary/aromatic N) is 2. The molecular weight excluding hydrogens is 501 g/mol. The number of carboxylic acids is 1. The summed E-state index contributed by atoms with van der Waals surface area (Å²) in [5.74, 6) is -0.555. The van der Waals surface area contributed by atoms with E-state index in [0.717, 1.165) is 29.7 Å². The lowest BCUT2D eigenvalue weighted by molar-refractivity contribution is -0.137. The minimum atomic E-state index is -3.70. The van der Waals surface area contributed by atoms with Gasteiger partial charge in [-0.2, -0.15) is 5.10 Å². The van der Waals surface area contributed by atoms with E-state index in [0.29, 0.717) is 22.9 Å². The monoisotopic (exact) mass is 523 g/mol. The Kier molecular flexibility index (Phi) is 7.18. The fraction of sp³-hybridized carbons (Fsp3) is 0.304. The van der Waals surface area contributed by atoms with Gasteiger partial charge in [-0.15, -0.1) is 0 Å². The molecule has 0 saturated carbocycles. The number of ether oxygens (including phenoxy) is 1. The number of aromatic nitrogens is 2. The molecule has 1 aliphatic rings. The van der Waals surface area contributed by atoms with E-state index in [4.69, 9.17) is 33.0 Å². The highest BCUT2D eigenvalue weighted by atomic mass is 35.5. The van der Waals surface area contributed by atoms with E-state index in [9.17, 15) is 13.2 Å². The normalized spacial score (nSPS) is 15.7. The van der Waals surface area contributed by atoms with E-state index >= 15 is 0 Å². The maximum atomic E-state index is 13.0. The van der Waals surface area contributed by atoms with Crippen molar-refractivity contribution in [3.63, 3.8) is 0 Å². The number of halogens is 2. The first-order valence-electron chi connectivity index (χ1n) is 10.6. The lowest BCUT2D eigenvalue weighted by Crippen LogP contribution is -2.30. The lowest BCUT2D eigenvalue weighted by atomic mass is 9.93. The molecule has 1 atom stereocenters. The van der Waals surface area contributed by atoms with E-state index in [1.807, 2.05) is 13.0 Å². The Morgan fingerprint density at radius 2 is 2.00 bits per heavy atom. The molecule has 2 aromatic carbocycles. The van der Waals surface area contributed by atoms with E-state index in [1.54, 1.807) is 18.3 Å². The largest absolute Gasteiger partial charge is 0.480 e. The molecule has 11 heteroatoms. The second-order valence-electron chi connectivity index (χ2n) is 8.13. The van der Waals surface area contributed by atoms with Crippen LogP contribution in [0.1, 0.15) is 35.7 Å². The highest BCUT2D eigenvalue weighted by Gasteiger charge is 2.27. The second kappa shape index (κ2) is 9.95. The molecule has 3 aromatic rings. The maximum absolute atomic E-state index is 13.0. The molecule has 0 unspecified atom stereocenters. The Balaban J connectivity index is 1.47. The summed E-state index contributed by atoms with van der Waals surface area (Å²) in [7, 11) is -3.70. The molecule has 0 spiro atoms. The van der Waals surface area contributed by atoms with Gasteiger partial charge in [-0.1, -0.05) is 29.3 Å². The van der Waals surface area contributed by atoms with Crippen LogP contribution in [0.3, 0.4) is 0 Å². The van der Waals surface area contributed by atoms with Gasteiger partial charge < -0.3 is 9.84 Å². The minimum Gasteiger partial charge on any atom is -0.480 e. The number of hydrogen-bond acceptors (Lipinski definition) is 6. The van der Waals surface area contributed by atoms with Crippen LogP contribution in [0, 0.1) is 6.92 Å². The van der Waals surface area contributed by atoms with Crippen LogP contribution in [0.5, 0.6) is 11.5 Å². The number of hydrogen-bond donors (Lipinski definition) is 2. The summed E-state index contributed by atoms with van der Waals surface area (Å²) in [6, 6.07) is 9.40. The summed E-state index contributed by atoms with van der Waals surface area (Å²) in [5, 5.41) is 16.9. The zero-order chi connectivity index (χ0) is 24.5. The van der Waals surface area contributed by atoms with Crippen LogP contribution < -0.4 is 10.1 Å². The van der Waals surface area contributed by atoms with Gasteiger partial charge in [0.05, 0.1) is 21.1 Å². The molecule has 0 saturated heterocycles. The molecule has 0 fully saturated rings. The Morgan fingerprint density at radius 3 is 2.74 bits per heavy atom. The van der Waals surface area contributed by atoms with Crippen molar-refractivity contribution in [3.8, 4) is 11.5 Å². The summed E-state index contributed by atoms with van der Waals surface area (Å²) >= 11 is 12.5. The number of benzene rings is 2. The number of carboxylic acid groups (broad SMARTS) is 1. The first kappa shape index (κ1) is 24.5. The van der Waals surface area contributed by atoms with E-state index in [1.165, 1.54) is 22.9 Å². The van der Waals surface area contributed by atoms with Gasteiger partial charge in [0, 0.05) is 17.3 Å². The Bertz CT molecular complexity index is 1340. The predicted molar refractivity (Wildman–Crippen MR) is 128 cm³/mol. The number of carbonyl (C=O) groups is 1. The molecule has 1 aromatic heterocycles. The van der Waals surface area contributed by atoms with Gasteiger partial charge in [0.2, 0.25) is 0 Å². The van der Waals surface area contributed by atoms with Gasteiger partial charge in [-0.05, 0) is 62.1 Å². The topological polar surface area (TPSA) is 111 Å². The molecule has 0 amide bonds. The van der Waals surface area contributed by atoms with Crippen LogP contribution in [0.2, 0.25) is 10.0 Å². The zero-order valence-electron chi connectivity index (χ0n) is 18.3. The van der Waals surface area contributed by atoms with Crippen molar-refractivity contribution in [3.05, 3.63) is 69.5 Å². The molecule has 0 radical (unpaired) electrons. The molecule has 0 bridgehead atoms. The van der Waals surface area contributed by atoms with E-state index in [-0.39, 0.29) is 28.4 Å². The maximum Gasteiger partial charge on any atom is 0.325 e.